The van der Waals surface area contributed by atoms with Gasteiger partial charge in [0.15, 0.2) is 5.96 Å². The molecular weight excluding hydrogens is 483 g/mol. The molecule has 0 radical (unpaired) electrons. The highest BCUT2D eigenvalue weighted by atomic mass is 127. The third-order valence-corrected chi connectivity index (χ3v) is 4.80. The Morgan fingerprint density at radius 1 is 1.14 bits per heavy atom. The summed E-state index contributed by atoms with van der Waals surface area (Å²) >= 11 is 0. The van der Waals surface area contributed by atoms with Crippen LogP contribution in [0.2, 0.25) is 0 Å². The molecule has 1 saturated heterocycles. The molecule has 0 amide bonds. The molecule has 0 spiro atoms. The van der Waals surface area contributed by atoms with Crippen molar-refractivity contribution in [1.29, 1.82) is 0 Å². The van der Waals surface area contributed by atoms with Crippen molar-refractivity contribution in [3.8, 4) is 5.75 Å². The van der Waals surface area contributed by atoms with Gasteiger partial charge < -0.3 is 24.8 Å². The zero-order valence-electron chi connectivity index (χ0n) is 18.2. The fraction of sp³-hybridized carbons (Fsp3) is 0.667. The van der Waals surface area contributed by atoms with E-state index in [-0.39, 0.29) is 29.5 Å². The van der Waals surface area contributed by atoms with Gasteiger partial charge in [-0.15, -0.1) is 24.0 Å². The Hall–Kier alpha value is -1.10. The van der Waals surface area contributed by atoms with E-state index in [0.717, 1.165) is 56.7 Å². The van der Waals surface area contributed by atoms with Crippen LogP contribution in [0.3, 0.4) is 0 Å². The Labute approximate surface area is 192 Å². The van der Waals surface area contributed by atoms with Gasteiger partial charge >= 0.3 is 0 Å². The van der Waals surface area contributed by atoms with Crippen LogP contribution in [0.25, 0.3) is 0 Å². The first-order chi connectivity index (χ1) is 13.5. The first-order valence-corrected chi connectivity index (χ1v) is 10.1. The van der Waals surface area contributed by atoms with Crippen LogP contribution in [0.1, 0.15) is 26.3 Å². The van der Waals surface area contributed by atoms with E-state index >= 15 is 0 Å². The number of halogens is 1. The van der Waals surface area contributed by atoms with Gasteiger partial charge in [-0.1, -0.05) is 12.1 Å². The minimum atomic E-state index is 0. The Morgan fingerprint density at radius 2 is 1.83 bits per heavy atom. The molecule has 0 unspecified atom stereocenters. The standard InChI is InChI=1S/C21H36N4O3.HI/c1-5-22-20(24-17-21(2,3)25-10-12-27-13-11-25)23-16-18-6-8-19(9-7-18)28-15-14-26-4;/h6-9H,5,10-17H2,1-4H3,(H2,22,23,24);1H. The average Bonchev–Trinajstić information content (AvgIpc) is 2.72. The Morgan fingerprint density at radius 3 is 2.45 bits per heavy atom. The van der Waals surface area contributed by atoms with E-state index in [9.17, 15) is 0 Å². The van der Waals surface area contributed by atoms with Gasteiger partial charge in [-0.2, -0.15) is 0 Å². The van der Waals surface area contributed by atoms with Crippen LogP contribution < -0.4 is 15.4 Å². The van der Waals surface area contributed by atoms with Gasteiger partial charge in [0.1, 0.15) is 12.4 Å². The topological polar surface area (TPSA) is 67.4 Å². The van der Waals surface area contributed by atoms with Gasteiger partial charge in [0, 0.05) is 38.8 Å². The van der Waals surface area contributed by atoms with Crippen LogP contribution >= 0.6 is 24.0 Å². The molecule has 0 saturated carbocycles. The molecule has 1 aromatic carbocycles. The quantitative estimate of drug-likeness (QED) is 0.214. The van der Waals surface area contributed by atoms with Crippen molar-refractivity contribution in [3.63, 3.8) is 0 Å². The fourth-order valence-corrected chi connectivity index (χ4v) is 3.03. The van der Waals surface area contributed by atoms with Gasteiger partial charge in [-0.25, -0.2) is 4.99 Å². The van der Waals surface area contributed by atoms with Gasteiger partial charge in [0.05, 0.1) is 26.4 Å². The number of hydrogen-bond donors (Lipinski definition) is 2. The average molecular weight is 520 g/mol. The maximum Gasteiger partial charge on any atom is 0.191 e. The molecule has 1 heterocycles. The van der Waals surface area contributed by atoms with Crippen molar-refractivity contribution in [3.05, 3.63) is 29.8 Å². The summed E-state index contributed by atoms with van der Waals surface area (Å²) in [6, 6.07) is 8.05. The molecular formula is C21H37IN4O3. The van der Waals surface area contributed by atoms with Crippen LogP contribution in [0.4, 0.5) is 0 Å². The second kappa shape index (κ2) is 14.0. The number of morpholine rings is 1. The summed E-state index contributed by atoms with van der Waals surface area (Å²) in [6.07, 6.45) is 0. The highest BCUT2D eigenvalue weighted by molar-refractivity contribution is 14.0. The predicted molar refractivity (Wildman–Crippen MR) is 129 cm³/mol. The molecule has 1 aliphatic heterocycles. The molecule has 7 nitrogen and oxygen atoms in total. The molecule has 1 aromatic rings. The third-order valence-electron chi connectivity index (χ3n) is 4.80. The van der Waals surface area contributed by atoms with E-state index in [1.807, 2.05) is 24.3 Å². The first-order valence-electron chi connectivity index (χ1n) is 10.1. The lowest BCUT2D eigenvalue weighted by Gasteiger charge is -2.41. The zero-order chi connectivity index (χ0) is 20.2. The largest absolute Gasteiger partial charge is 0.491 e. The van der Waals surface area contributed by atoms with E-state index in [1.54, 1.807) is 7.11 Å². The van der Waals surface area contributed by atoms with Gasteiger partial charge in [-0.3, -0.25) is 4.90 Å². The number of nitrogens with zero attached hydrogens (tertiary/aromatic N) is 2. The molecule has 0 atom stereocenters. The number of benzene rings is 1. The molecule has 0 aromatic heterocycles. The summed E-state index contributed by atoms with van der Waals surface area (Å²) < 4.78 is 16.1. The van der Waals surface area contributed by atoms with Crippen LogP contribution in [-0.4, -0.2) is 76.1 Å². The lowest BCUT2D eigenvalue weighted by Crippen LogP contribution is -2.56. The second-order valence-electron chi connectivity index (χ2n) is 7.45. The number of aliphatic imine (C=N–C) groups is 1. The molecule has 2 N–H and O–H groups in total. The molecule has 166 valence electrons. The summed E-state index contributed by atoms with van der Waals surface area (Å²) in [5.74, 6) is 1.69. The minimum Gasteiger partial charge on any atom is -0.491 e. The number of nitrogens with one attached hydrogen (secondary N) is 2. The molecule has 29 heavy (non-hydrogen) atoms. The maximum atomic E-state index is 5.60. The van der Waals surface area contributed by atoms with Gasteiger partial charge in [0.2, 0.25) is 0 Å². The molecule has 0 bridgehead atoms. The van der Waals surface area contributed by atoms with Crippen molar-refractivity contribution in [1.82, 2.24) is 15.5 Å². The van der Waals surface area contributed by atoms with Gasteiger partial charge in [0.25, 0.3) is 0 Å². The van der Waals surface area contributed by atoms with Crippen molar-refractivity contribution < 1.29 is 14.2 Å². The van der Waals surface area contributed by atoms with Crippen LogP contribution in [0.5, 0.6) is 5.75 Å². The highest BCUT2D eigenvalue weighted by Gasteiger charge is 2.28. The molecule has 2 rings (SSSR count). The number of guanidine groups is 1. The summed E-state index contributed by atoms with van der Waals surface area (Å²) in [5, 5.41) is 6.82. The Bertz CT molecular complexity index is 590. The van der Waals surface area contributed by atoms with E-state index in [2.05, 4.69) is 36.3 Å². The summed E-state index contributed by atoms with van der Waals surface area (Å²) in [6.45, 7) is 13.6. The normalized spacial score (nSPS) is 15.5. The molecule has 1 fully saturated rings. The van der Waals surface area contributed by atoms with E-state index in [0.29, 0.717) is 19.8 Å². The summed E-state index contributed by atoms with van der Waals surface area (Å²) in [4.78, 5) is 7.20. The highest BCUT2D eigenvalue weighted by Crippen LogP contribution is 2.15. The summed E-state index contributed by atoms with van der Waals surface area (Å²) in [5.41, 5.74) is 1.19. The van der Waals surface area contributed by atoms with Crippen LogP contribution in [0, 0.1) is 0 Å². The second-order valence-corrected chi connectivity index (χ2v) is 7.45. The lowest BCUT2D eigenvalue weighted by molar-refractivity contribution is -0.00834. The minimum absolute atomic E-state index is 0. The summed E-state index contributed by atoms with van der Waals surface area (Å²) in [7, 11) is 1.67. The number of rotatable bonds is 10. The first kappa shape index (κ1) is 25.9. The molecule has 1 aliphatic rings. The predicted octanol–water partition coefficient (Wildman–Crippen LogP) is 2.50. The Balaban J connectivity index is 0.00000420. The van der Waals surface area contributed by atoms with E-state index in [1.165, 1.54) is 0 Å². The van der Waals surface area contributed by atoms with E-state index in [4.69, 9.17) is 19.2 Å². The van der Waals surface area contributed by atoms with Crippen molar-refractivity contribution in [2.24, 2.45) is 4.99 Å². The maximum absolute atomic E-state index is 5.60. The molecule has 8 heteroatoms. The van der Waals surface area contributed by atoms with Crippen molar-refractivity contribution >= 4 is 29.9 Å². The van der Waals surface area contributed by atoms with Gasteiger partial charge in [-0.05, 0) is 38.5 Å². The third kappa shape index (κ3) is 9.50. The van der Waals surface area contributed by atoms with E-state index < -0.39 is 0 Å². The SMILES string of the molecule is CCNC(=NCc1ccc(OCCOC)cc1)NCC(C)(C)N1CCOCC1.I. The van der Waals surface area contributed by atoms with Crippen LogP contribution in [-0.2, 0) is 16.0 Å². The fourth-order valence-electron chi connectivity index (χ4n) is 3.03. The van der Waals surface area contributed by atoms with Crippen molar-refractivity contribution in [2.75, 3.05) is 59.7 Å². The lowest BCUT2D eigenvalue weighted by atomic mass is 10.0. The molecule has 0 aliphatic carbocycles. The zero-order valence-corrected chi connectivity index (χ0v) is 20.5. The number of ether oxygens (including phenoxy) is 3. The smallest absolute Gasteiger partial charge is 0.191 e. The van der Waals surface area contributed by atoms with Crippen molar-refractivity contribution in [2.45, 2.75) is 32.9 Å². The number of methoxy groups -OCH3 is 1. The Kier molecular flexibility index (Phi) is 12.5. The van der Waals surface area contributed by atoms with Crippen LogP contribution in [0.15, 0.2) is 29.3 Å². The number of hydrogen-bond acceptors (Lipinski definition) is 5. The monoisotopic (exact) mass is 520 g/mol.